The van der Waals surface area contributed by atoms with Gasteiger partial charge in [-0.15, -0.1) is 0 Å². The van der Waals surface area contributed by atoms with Gasteiger partial charge in [0.15, 0.2) is 0 Å². The van der Waals surface area contributed by atoms with Gasteiger partial charge in [0.1, 0.15) is 0 Å². The molecule has 1 aromatic heterocycles. The summed E-state index contributed by atoms with van der Waals surface area (Å²) in [4.78, 5) is 4.22. The molecule has 1 saturated heterocycles. The highest BCUT2D eigenvalue weighted by Crippen LogP contribution is 2.36. The van der Waals surface area contributed by atoms with Crippen LogP contribution >= 0.6 is 0 Å². The van der Waals surface area contributed by atoms with E-state index in [1.807, 2.05) is 40.7 Å². The van der Waals surface area contributed by atoms with Crippen LogP contribution in [0.1, 0.15) is 40.2 Å². The average molecular weight is 295 g/mol. The molecule has 0 bridgehead atoms. The summed E-state index contributed by atoms with van der Waals surface area (Å²) in [6.07, 6.45) is 3.50. The van der Waals surface area contributed by atoms with Crippen molar-refractivity contribution < 1.29 is 13.5 Å². The molecule has 4 nitrogen and oxygen atoms in total. The van der Waals surface area contributed by atoms with Crippen molar-refractivity contribution >= 4 is 23.4 Å². The van der Waals surface area contributed by atoms with Crippen LogP contribution in [0.3, 0.4) is 0 Å². The Morgan fingerprint density at radius 1 is 1.20 bits per heavy atom. The molecule has 0 aliphatic carbocycles. The summed E-state index contributed by atoms with van der Waals surface area (Å²) in [5.74, 6) is 1.18. The molecule has 0 aromatic carbocycles. The third-order valence-electron chi connectivity index (χ3n) is 3.99. The highest BCUT2D eigenvalue weighted by atomic mass is 32.2. The molecule has 1 fully saturated rings. The second-order valence-electron chi connectivity index (χ2n) is 6.09. The Bertz CT molecular complexity index is 503. The van der Waals surface area contributed by atoms with Crippen LogP contribution in [-0.2, 0) is 25.9 Å². The van der Waals surface area contributed by atoms with Crippen molar-refractivity contribution in [2.45, 2.75) is 51.6 Å². The van der Waals surface area contributed by atoms with Crippen LogP contribution in [-0.4, -0.2) is 33.3 Å². The largest absolute Gasteiger partial charge is 0.496 e. The van der Waals surface area contributed by atoms with Crippen LogP contribution in [0, 0.1) is 0 Å². The van der Waals surface area contributed by atoms with Crippen molar-refractivity contribution in [1.29, 1.82) is 0 Å². The second kappa shape index (κ2) is 5.58. The molecular weight excluding hydrogens is 273 g/mol. The molecule has 0 amide bonds. The van der Waals surface area contributed by atoms with Crippen LogP contribution in [0.4, 0.5) is 0 Å². The van der Waals surface area contributed by atoms with Crippen LogP contribution in [0.25, 0.3) is 0 Å². The number of aromatic nitrogens is 1. The summed E-state index contributed by atoms with van der Waals surface area (Å²) in [6.45, 7) is 10.0. The minimum Gasteiger partial charge on any atom is -0.399 e. The highest BCUT2D eigenvalue weighted by molar-refractivity contribution is 7.84. The Morgan fingerprint density at radius 3 is 2.35 bits per heavy atom. The summed E-state index contributed by atoms with van der Waals surface area (Å²) in [5, 5.41) is 0. The quantitative estimate of drug-likeness (QED) is 0.793. The SMILES string of the molecule is CCS(=O)Cc1cncc(B2OC(C)(C)C(C)(C)O2)c1. The van der Waals surface area contributed by atoms with Gasteiger partial charge < -0.3 is 9.31 Å². The Hall–Kier alpha value is -0.715. The highest BCUT2D eigenvalue weighted by Gasteiger charge is 2.51. The zero-order chi connectivity index (χ0) is 15.0. The molecule has 0 spiro atoms. The van der Waals surface area contributed by atoms with Crippen LogP contribution < -0.4 is 5.46 Å². The molecule has 1 aliphatic rings. The molecule has 0 saturated carbocycles. The third-order valence-corrected chi connectivity index (χ3v) is 5.29. The van der Waals surface area contributed by atoms with Gasteiger partial charge >= 0.3 is 7.12 Å². The van der Waals surface area contributed by atoms with Crippen molar-refractivity contribution in [3.8, 4) is 0 Å². The predicted molar refractivity (Wildman–Crippen MR) is 82.3 cm³/mol. The topological polar surface area (TPSA) is 48.4 Å². The third kappa shape index (κ3) is 3.13. The Balaban J connectivity index is 2.19. The maximum absolute atomic E-state index is 11.6. The van der Waals surface area contributed by atoms with E-state index in [9.17, 15) is 4.21 Å². The molecular formula is C14H22BNO3S. The molecule has 0 N–H and O–H groups in total. The van der Waals surface area contributed by atoms with Gasteiger partial charge in [-0.1, -0.05) is 13.0 Å². The monoisotopic (exact) mass is 295 g/mol. The fourth-order valence-corrected chi connectivity index (χ4v) is 2.72. The van der Waals surface area contributed by atoms with E-state index in [0.29, 0.717) is 11.5 Å². The lowest BCUT2D eigenvalue weighted by Gasteiger charge is -2.32. The molecule has 1 aliphatic heterocycles. The van der Waals surface area contributed by atoms with Crippen LogP contribution in [0.15, 0.2) is 18.5 Å². The molecule has 2 heterocycles. The molecule has 2 rings (SSSR count). The van der Waals surface area contributed by atoms with Crippen LogP contribution in [0.2, 0.25) is 0 Å². The van der Waals surface area contributed by atoms with Gasteiger partial charge in [0.25, 0.3) is 0 Å². The van der Waals surface area contributed by atoms with Crippen molar-refractivity contribution in [3.63, 3.8) is 0 Å². The van der Waals surface area contributed by atoms with Gasteiger partial charge in [0.2, 0.25) is 0 Å². The van der Waals surface area contributed by atoms with E-state index in [2.05, 4.69) is 4.98 Å². The van der Waals surface area contributed by atoms with E-state index in [4.69, 9.17) is 9.31 Å². The minimum absolute atomic E-state index is 0.361. The summed E-state index contributed by atoms with van der Waals surface area (Å²) in [6, 6.07) is 1.97. The average Bonchev–Trinajstić information content (AvgIpc) is 2.59. The van der Waals surface area contributed by atoms with Gasteiger partial charge in [-0.25, -0.2) is 0 Å². The summed E-state index contributed by atoms with van der Waals surface area (Å²) < 4.78 is 23.6. The summed E-state index contributed by atoms with van der Waals surface area (Å²) >= 11 is 0. The Morgan fingerprint density at radius 2 is 1.80 bits per heavy atom. The van der Waals surface area contributed by atoms with E-state index in [-0.39, 0.29) is 11.2 Å². The lowest BCUT2D eigenvalue weighted by Crippen LogP contribution is -2.41. The minimum atomic E-state index is -0.840. The van der Waals surface area contributed by atoms with Gasteiger partial charge in [-0.3, -0.25) is 9.19 Å². The van der Waals surface area contributed by atoms with Crippen molar-refractivity contribution in [1.82, 2.24) is 4.98 Å². The number of nitrogens with zero attached hydrogens (tertiary/aromatic N) is 1. The smallest absolute Gasteiger partial charge is 0.399 e. The number of rotatable bonds is 4. The number of pyridine rings is 1. The normalized spacial score (nSPS) is 21.9. The number of hydrogen-bond acceptors (Lipinski definition) is 4. The molecule has 1 unspecified atom stereocenters. The maximum atomic E-state index is 11.6. The zero-order valence-corrected chi connectivity index (χ0v) is 13.6. The van der Waals surface area contributed by atoms with Crippen molar-refractivity contribution in [2.75, 3.05) is 5.75 Å². The fourth-order valence-electron chi connectivity index (χ4n) is 1.98. The van der Waals surface area contributed by atoms with E-state index in [0.717, 1.165) is 11.0 Å². The van der Waals surface area contributed by atoms with E-state index < -0.39 is 17.9 Å². The standard InChI is InChI=1S/C14H22BNO3S/c1-6-20(17)10-11-7-12(9-16-8-11)15-18-13(2,3)14(4,5)19-15/h7-9H,6,10H2,1-5H3. The fraction of sp³-hybridized carbons (Fsp3) is 0.643. The van der Waals surface area contributed by atoms with Crippen molar-refractivity contribution in [2.24, 2.45) is 0 Å². The zero-order valence-electron chi connectivity index (χ0n) is 12.8. The Kier molecular flexibility index (Phi) is 4.37. The van der Waals surface area contributed by atoms with Gasteiger partial charge in [0.05, 0.1) is 17.0 Å². The summed E-state index contributed by atoms with van der Waals surface area (Å²) in [7, 11) is -1.25. The van der Waals surface area contributed by atoms with Gasteiger partial charge in [-0.2, -0.15) is 0 Å². The molecule has 110 valence electrons. The first-order chi connectivity index (χ1) is 9.25. The van der Waals surface area contributed by atoms with Crippen LogP contribution in [0.5, 0.6) is 0 Å². The Labute approximate surface area is 123 Å². The molecule has 20 heavy (non-hydrogen) atoms. The van der Waals surface area contributed by atoms with Gasteiger partial charge in [0, 0.05) is 34.4 Å². The second-order valence-corrected chi connectivity index (χ2v) is 7.83. The lowest BCUT2D eigenvalue weighted by molar-refractivity contribution is 0.00578. The number of hydrogen-bond donors (Lipinski definition) is 0. The first-order valence-electron chi connectivity index (χ1n) is 6.89. The first-order valence-corrected chi connectivity index (χ1v) is 8.38. The van der Waals surface area contributed by atoms with E-state index in [1.165, 1.54) is 0 Å². The van der Waals surface area contributed by atoms with E-state index >= 15 is 0 Å². The summed E-state index contributed by atoms with van der Waals surface area (Å²) in [5.41, 5.74) is 1.12. The molecule has 1 atom stereocenters. The maximum Gasteiger partial charge on any atom is 0.496 e. The van der Waals surface area contributed by atoms with E-state index in [1.54, 1.807) is 12.4 Å². The van der Waals surface area contributed by atoms with Crippen molar-refractivity contribution in [3.05, 3.63) is 24.0 Å². The molecule has 1 aromatic rings. The first kappa shape index (κ1) is 15.7. The predicted octanol–water partition coefficient (Wildman–Crippen LogP) is 1.65. The molecule has 6 heteroatoms. The lowest BCUT2D eigenvalue weighted by atomic mass is 9.80. The molecule has 0 radical (unpaired) electrons. The van der Waals surface area contributed by atoms with Gasteiger partial charge in [-0.05, 0) is 33.3 Å².